The Kier molecular flexibility index (Phi) is 5.75. The van der Waals surface area contributed by atoms with Gasteiger partial charge in [0.15, 0.2) is 0 Å². The lowest BCUT2D eigenvalue weighted by atomic mass is 10.1. The van der Waals surface area contributed by atoms with Crippen molar-refractivity contribution in [1.82, 2.24) is 0 Å². The van der Waals surface area contributed by atoms with Crippen LogP contribution in [0, 0.1) is 0 Å². The lowest BCUT2D eigenvalue weighted by molar-refractivity contribution is 0.416. The second-order valence-electron chi connectivity index (χ2n) is 7.95. The average Bonchev–Trinajstić information content (AvgIpc) is 2.88. The number of methoxy groups -OCH3 is 1. The highest BCUT2D eigenvalue weighted by atomic mass is 31.2. The van der Waals surface area contributed by atoms with Crippen molar-refractivity contribution in [3.05, 3.63) is 133 Å². The van der Waals surface area contributed by atoms with Gasteiger partial charge in [-0.3, -0.25) is 0 Å². The summed E-state index contributed by atoms with van der Waals surface area (Å²) in [5, 5.41) is 6.52. The number of benzene rings is 5. The maximum Gasteiger partial charge on any atom is 0.133 e. The lowest BCUT2D eigenvalue weighted by Gasteiger charge is -2.28. The second kappa shape index (κ2) is 8.99. The van der Waals surface area contributed by atoms with Crippen molar-refractivity contribution in [2.45, 2.75) is 6.16 Å². The Balaban J connectivity index is 1.81. The molecule has 0 saturated heterocycles. The van der Waals surface area contributed by atoms with Gasteiger partial charge < -0.3 is 4.74 Å². The van der Waals surface area contributed by atoms with E-state index in [9.17, 15) is 0 Å². The van der Waals surface area contributed by atoms with E-state index in [1.807, 2.05) is 0 Å². The van der Waals surface area contributed by atoms with Crippen LogP contribution in [0.15, 0.2) is 127 Å². The third kappa shape index (κ3) is 3.60. The summed E-state index contributed by atoms with van der Waals surface area (Å²) in [5.41, 5.74) is 1.25. The number of hydrogen-bond donors (Lipinski definition) is 0. The molecule has 0 amide bonds. The Morgan fingerprint density at radius 2 is 1.00 bits per heavy atom. The minimum Gasteiger partial charge on any atom is -0.496 e. The summed E-state index contributed by atoms with van der Waals surface area (Å²) in [5.74, 6) is 0.982. The number of hydrogen-bond acceptors (Lipinski definition) is 1. The van der Waals surface area contributed by atoms with Crippen LogP contribution < -0.4 is 20.7 Å². The number of ether oxygens (including phenoxy) is 1. The fourth-order valence-electron chi connectivity index (χ4n) is 4.68. The molecule has 0 atom stereocenters. The maximum atomic E-state index is 6.03. The molecule has 0 aliphatic heterocycles. The lowest BCUT2D eigenvalue weighted by Crippen LogP contribution is -2.32. The maximum absolute atomic E-state index is 6.03. The first-order chi connectivity index (χ1) is 15.8. The van der Waals surface area contributed by atoms with Crippen molar-refractivity contribution < 1.29 is 4.74 Å². The zero-order chi connectivity index (χ0) is 21.8. The molecule has 0 heterocycles. The summed E-state index contributed by atoms with van der Waals surface area (Å²) in [7, 11) is -0.183. The molecule has 2 heteroatoms. The molecule has 0 bridgehead atoms. The molecular weight excluding hydrogens is 407 g/mol. The van der Waals surface area contributed by atoms with E-state index in [0.717, 1.165) is 11.9 Å². The van der Waals surface area contributed by atoms with Crippen LogP contribution in [0.25, 0.3) is 10.8 Å². The third-order valence-corrected chi connectivity index (χ3v) is 10.5. The summed E-state index contributed by atoms with van der Waals surface area (Å²) >= 11 is 0. The molecule has 5 aromatic carbocycles. The van der Waals surface area contributed by atoms with Gasteiger partial charge in [0.2, 0.25) is 0 Å². The normalized spacial score (nSPS) is 11.4. The summed E-state index contributed by atoms with van der Waals surface area (Å²) in [4.78, 5) is 0. The smallest absolute Gasteiger partial charge is 0.133 e. The Labute approximate surface area is 190 Å². The van der Waals surface area contributed by atoms with Crippen molar-refractivity contribution in [2.24, 2.45) is 0 Å². The van der Waals surface area contributed by atoms with E-state index in [4.69, 9.17) is 4.74 Å². The van der Waals surface area contributed by atoms with E-state index in [1.165, 1.54) is 32.2 Å². The molecule has 0 aliphatic carbocycles. The van der Waals surface area contributed by atoms with E-state index in [1.54, 1.807) is 7.11 Å². The Morgan fingerprint density at radius 3 is 1.50 bits per heavy atom. The van der Waals surface area contributed by atoms with Crippen molar-refractivity contribution in [2.75, 3.05) is 7.11 Å². The minimum absolute atomic E-state index is 0.902. The molecule has 32 heavy (non-hydrogen) atoms. The largest absolute Gasteiger partial charge is 0.496 e. The fourth-order valence-corrected chi connectivity index (χ4v) is 8.92. The molecule has 1 nitrogen and oxygen atoms in total. The molecule has 0 aliphatic rings. The molecule has 0 fully saturated rings. The third-order valence-electron chi connectivity index (χ3n) is 6.16. The van der Waals surface area contributed by atoms with E-state index < -0.39 is 7.26 Å². The highest BCUT2D eigenvalue weighted by Crippen LogP contribution is 2.59. The molecule has 5 rings (SSSR count). The molecule has 5 aromatic rings. The predicted molar refractivity (Wildman–Crippen MR) is 139 cm³/mol. The standard InChI is InChI=1S/C30H26OP/c1-31-30-25(22-21-24-13-11-12-20-29(24)30)23-32(26-14-5-2-6-15-26,27-16-7-3-8-17-27)28-18-9-4-10-19-28/h2-22H,23H2,1H3/q+1. The zero-order valence-electron chi connectivity index (χ0n) is 18.2. The van der Waals surface area contributed by atoms with Crippen LogP contribution >= 0.6 is 7.26 Å². The Bertz CT molecular complexity index is 1220. The summed E-state index contributed by atoms with van der Waals surface area (Å²) in [6, 6.07) is 46.0. The first kappa shape index (κ1) is 20.5. The summed E-state index contributed by atoms with van der Waals surface area (Å²) in [6.07, 6.45) is 0.902. The number of fused-ring (bicyclic) bond motifs is 1. The van der Waals surface area contributed by atoms with E-state index in [-0.39, 0.29) is 0 Å². The van der Waals surface area contributed by atoms with Crippen LogP contribution in [-0.4, -0.2) is 7.11 Å². The predicted octanol–water partition coefficient (Wildman–Crippen LogP) is 6.34. The van der Waals surface area contributed by atoms with E-state index in [2.05, 4.69) is 127 Å². The molecule has 0 unspecified atom stereocenters. The van der Waals surface area contributed by atoms with Crippen LogP contribution in [0.4, 0.5) is 0 Å². The second-order valence-corrected chi connectivity index (χ2v) is 11.4. The molecule has 0 saturated carbocycles. The first-order valence-electron chi connectivity index (χ1n) is 10.9. The van der Waals surface area contributed by atoms with Gasteiger partial charge in [-0.25, -0.2) is 0 Å². The van der Waals surface area contributed by atoms with Crippen molar-refractivity contribution in [3.63, 3.8) is 0 Å². The van der Waals surface area contributed by atoms with Crippen molar-refractivity contribution in [1.29, 1.82) is 0 Å². The zero-order valence-corrected chi connectivity index (χ0v) is 19.1. The van der Waals surface area contributed by atoms with Gasteiger partial charge in [0.05, 0.1) is 7.11 Å². The van der Waals surface area contributed by atoms with Gasteiger partial charge in [0, 0.05) is 10.9 Å². The molecule has 0 spiro atoms. The molecule has 0 N–H and O–H groups in total. The van der Waals surface area contributed by atoms with Crippen LogP contribution in [-0.2, 0) is 6.16 Å². The van der Waals surface area contributed by atoms with Crippen LogP contribution in [0.3, 0.4) is 0 Å². The highest BCUT2D eigenvalue weighted by molar-refractivity contribution is 7.95. The SMILES string of the molecule is COc1c(C[P+](c2ccccc2)(c2ccccc2)c2ccccc2)ccc2ccccc12. The van der Waals surface area contributed by atoms with Gasteiger partial charge in [-0.2, -0.15) is 0 Å². The van der Waals surface area contributed by atoms with E-state index in [0.29, 0.717) is 0 Å². The summed E-state index contributed by atoms with van der Waals surface area (Å²) in [6.45, 7) is 0. The minimum atomic E-state index is -1.97. The Morgan fingerprint density at radius 1 is 0.531 bits per heavy atom. The average molecular weight is 434 g/mol. The van der Waals surface area contributed by atoms with Gasteiger partial charge in [-0.1, -0.05) is 91.0 Å². The topological polar surface area (TPSA) is 9.23 Å². The highest BCUT2D eigenvalue weighted by Gasteiger charge is 2.46. The van der Waals surface area contributed by atoms with Crippen molar-refractivity contribution >= 4 is 33.9 Å². The molecule has 0 aromatic heterocycles. The van der Waals surface area contributed by atoms with Crippen LogP contribution in [0.1, 0.15) is 5.56 Å². The Hall–Kier alpha value is -3.41. The monoisotopic (exact) mass is 433 g/mol. The van der Waals surface area contributed by atoms with Gasteiger partial charge >= 0.3 is 0 Å². The summed E-state index contributed by atoms with van der Waals surface area (Å²) < 4.78 is 6.03. The van der Waals surface area contributed by atoms with Gasteiger partial charge in [-0.15, -0.1) is 0 Å². The van der Waals surface area contributed by atoms with Gasteiger partial charge in [0.25, 0.3) is 0 Å². The molecular formula is C30H26OP+. The van der Waals surface area contributed by atoms with Crippen LogP contribution in [0.5, 0.6) is 5.75 Å². The quantitative estimate of drug-likeness (QED) is 0.284. The van der Waals surface area contributed by atoms with Crippen LogP contribution in [0.2, 0.25) is 0 Å². The van der Waals surface area contributed by atoms with E-state index >= 15 is 0 Å². The number of rotatable bonds is 6. The first-order valence-corrected chi connectivity index (χ1v) is 12.9. The fraction of sp³-hybridized carbons (Fsp3) is 0.0667. The molecule has 156 valence electrons. The molecule has 0 radical (unpaired) electrons. The van der Waals surface area contributed by atoms with Gasteiger partial charge in [0.1, 0.15) is 35.1 Å². The van der Waals surface area contributed by atoms with Crippen molar-refractivity contribution in [3.8, 4) is 5.75 Å². The van der Waals surface area contributed by atoms with Gasteiger partial charge in [-0.05, 0) is 41.8 Å².